The van der Waals surface area contributed by atoms with E-state index in [0.717, 1.165) is 31.2 Å². The molecule has 1 saturated heterocycles. The Morgan fingerprint density at radius 2 is 1.95 bits per heavy atom. The Balaban J connectivity index is 1.26. The maximum Gasteiger partial charge on any atom is 0.267 e. The number of fused-ring (bicyclic) bond motifs is 1. The summed E-state index contributed by atoms with van der Waals surface area (Å²) in [4.78, 5) is 28.5. The molecule has 11 heteroatoms. The molecule has 1 atom stereocenters. The minimum absolute atomic E-state index is 0.0174. The van der Waals surface area contributed by atoms with E-state index < -0.39 is 11.7 Å². The van der Waals surface area contributed by atoms with Gasteiger partial charge in [-0.3, -0.25) is 9.59 Å². The van der Waals surface area contributed by atoms with Gasteiger partial charge in [-0.05, 0) is 67.9 Å². The largest absolute Gasteiger partial charge is 0.453 e. The molecule has 2 amide bonds. The molecule has 0 spiro atoms. The molecule has 5 rings (SSSR count). The van der Waals surface area contributed by atoms with Crippen molar-refractivity contribution in [2.75, 3.05) is 11.9 Å². The zero-order valence-corrected chi connectivity index (χ0v) is 22.6. The van der Waals surface area contributed by atoms with Gasteiger partial charge in [0.2, 0.25) is 5.91 Å². The number of nitrogens with one attached hydrogen (secondary N) is 4. The Labute approximate surface area is 239 Å². The first kappa shape index (κ1) is 27.5. The van der Waals surface area contributed by atoms with E-state index in [1.54, 1.807) is 24.3 Å². The fourth-order valence-electron chi connectivity index (χ4n) is 4.52. The van der Waals surface area contributed by atoms with Crippen LogP contribution < -0.4 is 20.7 Å². The lowest BCUT2D eigenvalue weighted by atomic mass is 10.0. The summed E-state index contributed by atoms with van der Waals surface area (Å²) in [6, 6.07) is 16.0. The predicted molar refractivity (Wildman–Crippen MR) is 151 cm³/mol. The normalized spacial score (nSPS) is 14.9. The van der Waals surface area contributed by atoms with E-state index in [1.165, 1.54) is 30.3 Å². The highest BCUT2D eigenvalue weighted by Crippen LogP contribution is 2.35. The number of benzene rings is 3. The second-order valence-electron chi connectivity index (χ2n) is 9.40. The summed E-state index contributed by atoms with van der Waals surface area (Å²) < 4.78 is 20.9. The lowest BCUT2D eigenvalue weighted by Crippen LogP contribution is -2.43. The molecule has 204 valence electrons. The number of ether oxygens (including phenoxy) is 1. The number of piperidine rings is 1. The molecule has 40 heavy (non-hydrogen) atoms. The second kappa shape index (κ2) is 12.0. The summed E-state index contributed by atoms with van der Waals surface area (Å²) in [6.07, 6.45) is 2.88. The SMILES string of the molecule is N#Cc1cc(Cl)cc(Oc2c(Cl)ccc(CNC(=O)c3cc4cc(NC(=O)C5CCCCN5)ccc4[nH]3)c2F)c1. The Morgan fingerprint density at radius 1 is 1.10 bits per heavy atom. The van der Waals surface area contributed by atoms with Crippen molar-refractivity contribution < 1.29 is 18.7 Å². The lowest BCUT2D eigenvalue weighted by Gasteiger charge is -2.22. The maximum atomic E-state index is 15.3. The number of carbonyl (C=O) groups is 2. The molecule has 1 unspecified atom stereocenters. The standard InChI is InChI=1S/C29H24Cl2FN5O3/c30-19-9-16(14-33)10-21(13-19)40-27-22(31)6-4-17(26(27)32)15-35-28(38)25-12-18-11-20(5-7-23(18)37-25)36-29(39)24-3-1-2-8-34-24/h4-7,9-13,24,34,37H,1-3,8,15H2,(H,35,38)(H,36,39). The van der Waals surface area contributed by atoms with Gasteiger partial charge in [0.05, 0.1) is 22.7 Å². The average Bonchev–Trinajstić information content (AvgIpc) is 3.38. The van der Waals surface area contributed by atoms with Gasteiger partial charge in [-0.15, -0.1) is 0 Å². The molecule has 2 heterocycles. The summed E-state index contributed by atoms with van der Waals surface area (Å²) in [5.74, 6) is -1.38. The van der Waals surface area contributed by atoms with Gasteiger partial charge in [-0.25, -0.2) is 4.39 Å². The number of carbonyl (C=O) groups excluding carboxylic acids is 2. The molecule has 4 N–H and O–H groups in total. The van der Waals surface area contributed by atoms with E-state index >= 15 is 4.39 Å². The van der Waals surface area contributed by atoms with Crippen molar-refractivity contribution in [2.24, 2.45) is 0 Å². The van der Waals surface area contributed by atoms with Crippen LogP contribution >= 0.6 is 23.2 Å². The number of aromatic nitrogens is 1. The second-order valence-corrected chi connectivity index (χ2v) is 10.2. The summed E-state index contributed by atoms with van der Waals surface area (Å²) in [5, 5.41) is 19.0. The van der Waals surface area contributed by atoms with Crippen molar-refractivity contribution in [3.8, 4) is 17.6 Å². The molecule has 1 aromatic heterocycles. The van der Waals surface area contributed by atoms with Crippen molar-refractivity contribution in [3.63, 3.8) is 0 Å². The van der Waals surface area contributed by atoms with Gasteiger partial charge < -0.3 is 25.7 Å². The minimum atomic E-state index is -0.754. The first-order valence-corrected chi connectivity index (χ1v) is 13.4. The Kier molecular flexibility index (Phi) is 8.21. The third-order valence-corrected chi connectivity index (χ3v) is 7.06. The monoisotopic (exact) mass is 579 g/mol. The number of hydrogen-bond donors (Lipinski definition) is 4. The average molecular weight is 580 g/mol. The Bertz CT molecular complexity index is 1640. The molecule has 3 aromatic carbocycles. The van der Waals surface area contributed by atoms with Gasteiger partial charge in [-0.1, -0.05) is 35.7 Å². The number of hydrogen-bond acceptors (Lipinski definition) is 5. The van der Waals surface area contributed by atoms with Crippen LogP contribution in [0.5, 0.6) is 11.5 Å². The Morgan fingerprint density at radius 3 is 2.73 bits per heavy atom. The summed E-state index contributed by atoms with van der Waals surface area (Å²) in [6.45, 7) is 0.689. The van der Waals surface area contributed by atoms with E-state index in [9.17, 15) is 9.59 Å². The third-order valence-electron chi connectivity index (χ3n) is 6.55. The van der Waals surface area contributed by atoms with Gasteiger partial charge >= 0.3 is 0 Å². The van der Waals surface area contributed by atoms with E-state index in [2.05, 4.69) is 20.9 Å². The summed E-state index contributed by atoms with van der Waals surface area (Å²) in [7, 11) is 0. The van der Waals surface area contributed by atoms with Crippen molar-refractivity contribution in [1.29, 1.82) is 5.26 Å². The molecular formula is C29H24Cl2FN5O3. The molecule has 8 nitrogen and oxygen atoms in total. The fraction of sp³-hybridized carbons (Fsp3) is 0.207. The van der Waals surface area contributed by atoms with Gasteiger partial charge in [0.1, 0.15) is 11.4 Å². The van der Waals surface area contributed by atoms with E-state index in [4.69, 9.17) is 33.2 Å². The first-order valence-electron chi connectivity index (χ1n) is 12.6. The number of rotatable bonds is 7. The predicted octanol–water partition coefficient (Wildman–Crippen LogP) is 6.29. The molecule has 0 radical (unpaired) electrons. The molecule has 0 aliphatic carbocycles. The number of anilines is 1. The van der Waals surface area contributed by atoms with Crippen LogP contribution in [-0.4, -0.2) is 29.4 Å². The van der Waals surface area contributed by atoms with Crippen LogP contribution in [0, 0.1) is 17.1 Å². The number of H-pyrrole nitrogens is 1. The molecule has 1 aliphatic rings. The van der Waals surface area contributed by atoms with Gasteiger partial charge in [0.25, 0.3) is 5.91 Å². The highest BCUT2D eigenvalue weighted by Gasteiger charge is 2.21. The van der Waals surface area contributed by atoms with Crippen LogP contribution in [0.4, 0.5) is 10.1 Å². The molecule has 1 aliphatic heterocycles. The number of nitriles is 1. The van der Waals surface area contributed by atoms with Crippen molar-refractivity contribution in [2.45, 2.75) is 31.8 Å². The molecule has 0 bridgehead atoms. The molecule has 0 saturated carbocycles. The number of nitrogens with zero attached hydrogens (tertiary/aromatic N) is 1. The smallest absolute Gasteiger partial charge is 0.267 e. The topological polar surface area (TPSA) is 119 Å². The molecule has 1 fully saturated rings. The summed E-state index contributed by atoms with van der Waals surface area (Å²) >= 11 is 12.2. The van der Waals surface area contributed by atoms with E-state index in [-0.39, 0.29) is 56.9 Å². The van der Waals surface area contributed by atoms with Crippen LogP contribution in [0.2, 0.25) is 10.0 Å². The van der Waals surface area contributed by atoms with Gasteiger partial charge in [-0.2, -0.15) is 5.26 Å². The number of halogens is 3. The maximum absolute atomic E-state index is 15.3. The van der Waals surface area contributed by atoms with Crippen molar-refractivity contribution in [3.05, 3.63) is 87.3 Å². The summed E-state index contributed by atoms with van der Waals surface area (Å²) in [5.41, 5.74) is 2.02. The molecule has 4 aromatic rings. The van der Waals surface area contributed by atoms with E-state index in [1.807, 2.05) is 6.07 Å². The van der Waals surface area contributed by atoms with E-state index in [0.29, 0.717) is 11.2 Å². The van der Waals surface area contributed by atoms with Gasteiger partial charge in [0, 0.05) is 33.7 Å². The zero-order valence-electron chi connectivity index (χ0n) is 21.1. The van der Waals surface area contributed by atoms with Crippen LogP contribution in [0.25, 0.3) is 10.9 Å². The van der Waals surface area contributed by atoms with Crippen LogP contribution in [0.3, 0.4) is 0 Å². The fourth-order valence-corrected chi connectivity index (χ4v) is 4.93. The minimum Gasteiger partial charge on any atom is -0.453 e. The number of aromatic amines is 1. The quantitative estimate of drug-likeness (QED) is 0.205. The van der Waals surface area contributed by atoms with Crippen molar-refractivity contribution >= 4 is 51.6 Å². The molecular weight excluding hydrogens is 556 g/mol. The number of amides is 2. The zero-order chi connectivity index (χ0) is 28.2. The van der Waals surface area contributed by atoms with Crippen LogP contribution in [-0.2, 0) is 11.3 Å². The highest BCUT2D eigenvalue weighted by atomic mass is 35.5. The van der Waals surface area contributed by atoms with Crippen molar-refractivity contribution in [1.82, 2.24) is 15.6 Å². The van der Waals surface area contributed by atoms with Crippen LogP contribution in [0.1, 0.15) is 40.9 Å². The van der Waals surface area contributed by atoms with Gasteiger partial charge in [0.15, 0.2) is 11.6 Å². The Hall–Kier alpha value is -4.10. The lowest BCUT2D eigenvalue weighted by molar-refractivity contribution is -0.118. The first-order chi connectivity index (χ1) is 19.3. The third kappa shape index (κ3) is 6.20. The highest BCUT2D eigenvalue weighted by molar-refractivity contribution is 6.32. The van der Waals surface area contributed by atoms with Crippen LogP contribution in [0.15, 0.2) is 54.6 Å².